The van der Waals surface area contributed by atoms with Crippen LogP contribution in [0.25, 0.3) is 0 Å². The normalized spacial score (nSPS) is 21.4. The number of thiol groups is 2. The molecule has 6 aliphatic rings. The average molecular weight is 1450 g/mol. The van der Waals surface area contributed by atoms with Gasteiger partial charge in [0.05, 0.1) is 92.6 Å². The summed E-state index contributed by atoms with van der Waals surface area (Å²) in [4.78, 5) is 71.8. The van der Waals surface area contributed by atoms with Crippen molar-refractivity contribution in [3.8, 4) is 0 Å². The minimum atomic E-state index is -4.02. The maximum Gasteiger partial charge on any atom is 0.310 e. The number of carbonyl (C=O) groups is 6. The molecule has 540 valence electrons. The fraction of sp³-hybridized carbons (Fsp3) is 0.719. The first-order valence-electron chi connectivity index (χ1n) is 31.6. The van der Waals surface area contributed by atoms with E-state index in [1.165, 1.54) is 45.6 Å². The smallest absolute Gasteiger partial charge is 0.310 e. The maximum atomic E-state index is 12.1. The number of aliphatic hydroxyl groups excluding tert-OH is 2. The molecule has 3 heterocycles. The molecule has 2 aromatic rings. The number of nitrogens with one attached hydrogen (secondary N) is 3. The van der Waals surface area contributed by atoms with Gasteiger partial charge in [-0.3, -0.25) is 37.9 Å². The summed E-state index contributed by atoms with van der Waals surface area (Å²) in [6.45, 7) is 11.9. The van der Waals surface area contributed by atoms with Crippen molar-refractivity contribution in [2.24, 2.45) is 17.8 Å². The van der Waals surface area contributed by atoms with Crippen LogP contribution in [0.4, 0.5) is 0 Å². The first-order valence-corrected chi connectivity index (χ1v) is 37.7. The van der Waals surface area contributed by atoms with Gasteiger partial charge in [0, 0.05) is 74.6 Å². The van der Waals surface area contributed by atoms with E-state index in [2.05, 4.69) is 62.0 Å². The van der Waals surface area contributed by atoms with Crippen molar-refractivity contribution in [2.75, 3.05) is 84.0 Å². The minimum Gasteiger partial charge on any atom is -0.469 e. The van der Waals surface area contributed by atoms with Crippen LogP contribution >= 0.6 is 48.8 Å². The Morgan fingerprint density at radius 3 is 1.04 bits per heavy atom. The van der Waals surface area contributed by atoms with Gasteiger partial charge in [0.15, 0.2) is 11.6 Å². The monoisotopic (exact) mass is 1450 g/mol. The Morgan fingerprint density at radius 2 is 0.787 bits per heavy atom. The van der Waals surface area contributed by atoms with Crippen molar-refractivity contribution in [1.82, 2.24) is 16.0 Å². The summed E-state index contributed by atoms with van der Waals surface area (Å²) in [5.74, 6) is 0.823. The summed E-state index contributed by atoms with van der Waals surface area (Å²) in [7, 11) is -3.88. The van der Waals surface area contributed by atoms with Gasteiger partial charge in [-0.15, -0.1) is 23.5 Å². The number of rotatable bonds is 22. The largest absolute Gasteiger partial charge is 0.469 e. The highest BCUT2D eigenvalue weighted by molar-refractivity contribution is 8.21. The second-order valence-corrected chi connectivity index (χ2v) is 29.8. The molecule has 6 fully saturated rings. The Labute approximate surface area is 577 Å². The molecule has 6 atom stereocenters. The van der Waals surface area contributed by atoms with Gasteiger partial charge in [-0.05, 0) is 81.7 Å². The average Bonchev–Trinajstić information content (AvgIpc) is 1.66. The highest BCUT2D eigenvalue weighted by Crippen LogP contribution is 2.56. The van der Waals surface area contributed by atoms with Gasteiger partial charge >= 0.3 is 17.9 Å². The summed E-state index contributed by atoms with van der Waals surface area (Å²) in [5.41, 5.74) is 1.91. The number of esters is 3. The zero-order valence-electron chi connectivity index (χ0n) is 55.1. The highest BCUT2D eigenvalue weighted by atomic mass is 32.2. The molecule has 0 unspecified atom stereocenters. The zero-order valence-corrected chi connectivity index (χ0v) is 60.2. The van der Waals surface area contributed by atoms with Crippen molar-refractivity contribution in [3.05, 3.63) is 59.7 Å². The van der Waals surface area contributed by atoms with Crippen molar-refractivity contribution in [2.45, 2.75) is 201 Å². The van der Waals surface area contributed by atoms with Crippen molar-refractivity contribution in [3.63, 3.8) is 0 Å². The molecule has 8 rings (SSSR count). The summed E-state index contributed by atoms with van der Waals surface area (Å²) < 4.78 is 96.5. The van der Waals surface area contributed by atoms with Gasteiger partial charge in [-0.25, -0.2) is 0 Å². The van der Waals surface area contributed by atoms with E-state index < -0.39 is 43.6 Å². The summed E-state index contributed by atoms with van der Waals surface area (Å²) in [6, 6.07) is 11.4. The van der Waals surface area contributed by atoms with Gasteiger partial charge in [0.2, 0.25) is 17.7 Å². The van der Waals surface area contributed by atoms with Crippen LogP contribution in [0.1, 0.15) is 155 Å². The lowest BCUT2D eigenvalue weighted by Gasteiger charge is -2.21. The minimum absolute atomic E-state index is 0. The summed E-state index contributed by atoms with van der Waals surface area (Å²) >= 11 is 11.6. The molecule has 0 aromatic heterocycles. The number of thioether (sulfide) groups is 2. The molecule has 94 heavy (non-hydrogen) atoms. The van der Waals surface area contributed by atoms with Crippen LogP contribution in [-0.2, 0) is 82.2 Å². The van der Waals surface area contributed by atoms with Crippen LogP contribution in [0.15, 0.2) is 58.3 Å². The van der Waals surface area contributed by atoms with Crippen LogP contribution in [-0.4, -0.2) is 190 Å². The SMILES string of the molecule is C.CCCCCC(=O)N[C@@H]1CC2(C[C@@H]1C(=O)OC)OCCO2.CCCCCC(=O)N[C@@H]1CC2(C[C@@H]1C(=O)OC)OCCO2.CCCCCC(=O)N[C@@H]1CC2(C[C@@H]1C(=O)OC)SCCS2.Cc1ccc(S(=O)(=O)O)cc1.Cc1ccc(S(=O)(=O)O)cc1.OCCO.SCCS. The second kappa shape index (κ2) is 46.5. The standard InChI is InChI=1S/2C15H25NO5.C15H25NO3S2.2C7H8O3S.C2H6O2.C2H6S2.CH4/c3*1-3-4-5-6-13(17)16-12-10-15(20-7-8-21-15)9-11(12)14(18)19-2;2*1-6-2-4-7(5-3-6)11(8,9)10;2*3-1-2-4;/h3*11-12H,3-10H2,1-2H3,(H,16,17);2*2-5H,1H3,(H,8,9,10);2*3-4H,1-2H2;1H4/t3*11-,12+;;;;;/m000...../s1. The lowest BCUT2D eigenvalue weighted by molar-refractivity contribution is -0.161. The third-order valence-corrected chi connectivity index (χ3v) is 21.5. The third-order valence-electron chi connectivity index (χ3n) is 15.5. The molecular formula is C64H107N3O21S6. The molecule has 3 aliphatic carbocycles. The molecule has 3 saturated carbocycles. The van der Waals surface area contributed by atoms with Gasteiger partial charge in [-0.2, -0.15) is 42.1 Å². The molecule has 3 saturated heterocycles. The fourth-order valence-corrected chi connectivity index (χ4v) is 15.2. The summed E-state index contributed by atoms with van der Waals surface area (Å²) in [6.07, 6.45) is 14.2. The van der Waals surface area contributed by atoms with E-state index in [1.807, 2.05) is 37.4 Å². The zero-order chi connectivity index (χ0) is 69.7. The third kappa shape index (κ3) is 32.3. The van der Waals surface area contributed by atoms with E-state index in [0.717, 1.165) is 105 Å². The second-order valence-electron chi connectivity index (χ2n) is 22.8. The molecule has 3 aliphatic heterocycles. The number of carbonyl (C=O) groups excluding carboxylic acids is 6. The van der Waals surface area contributed by atoms with Crippen LogP contribution < -0.4 is 16.0 Å². The predicted octanol–water partition coefficient (Wildman–Crippen LogP) is 8.50. The molecule has 30 heteroatoms. The molecule has 3 amide bonds. The summed E-state index contributed by atoms with van der Waals surface area (Å²) in [5, 5.41) is 24.2. The number of hydrogen-bond acceptors (Lipinski definition) is 23. The number of benzene rings is 2. The molecule has 24 nitrogen and oxygen atoms in total. The number of hydrogen-bond donors (Lipinski definition) is 9. The Kier molecular flexibility index (Phi) is 43.7. The number of ether oxygens (including phenoxy) is 7. The first kappa shape index (κ1) is 88.3. The molecule has 0 bridgehead atoms. The van der Waals surface area contributed by atoms with E-state index in [-0.39, 0.29) is 94.2 Å². The van der Waals surface area contributed by atoms with E-state index in [4.69, 9.17) is 52.5 Å². The van der Waals surface area contributed by atoms with Crippen LogP contribution in [0.2, 0.25) is 0 Å². The number of methoxy groups -OCH3 is 3. The van der Waals surface area contributed by atoms with Crippen LogP contribution in [0.5, 0.6) is 0 Å². The van der Waals surface area contributed by atoms with Gasteiger partial charge in [0.1, 0.15) is 0 Å². The fourth-order valence-electron chi connectivity index (χ4n) is 10.8. The maximum absolute atomic E-state index is 12.1. The predicted molar refractivity (Wildman–Crippen MR) is 370 cm³/mol. The van der Waals surface area contributed by atoms with Crippen molar-refractivity contribution < 1.29 is 98.1 Å². The molecular weight excluding hydrogens is 1340 g/mol. The van der Waals surface area contributed by atoms with Crippen molar-refractivity contribution >= 4 is 105 Å². The molecule has 0 radical (unpaired) electrons. The van der Waals surface area contributed by atoms with E-state index >= 15 is 0 Å². The molecule has 3 spiro atoms. The quantitative estimate of drug-likeness (QED) is 0.0175. The Balaban J connectivity index is 0.000000581. The Morgan fingerprint density at radius 1 is 0.500 bits per heavy atom. The van der Waals surface area contributed by atoms with Crippen LogP contribution in [0.3, 0.4) is 0 Å². The molecule has 2 aromatic carbocycles. The lowest BCUT2D eigenvalue weighted by Crippen LogP contribution is -2.40. The Hall–Kier alpha value is -3.76. The number of aryl methyl sites for hydroxylation is 2. The van der Waals surface area contributed by atoms with Crippen molar-refractivity contribution in [1.29, 1.82) is 0 Å². The van der Waals surface area contributed by atoms with E-state index in [9.17, 15) is 45.6 Å². The number of aliphatic hydroxyl groups is 2. The van der Waals surface area contributed by atoms with E-state index in [0.29, 0.717) is 71.4 Å². The first-order chi connectivity index (χ1) is 44.1. The van der Waals surface area contributed by atoms with Gasteiger partial charge in [-0.1, -0.05) is 102 Å². The van der Waals surface area contributed by atoms with E-state index in [1.54, 1.807) is 24.3 Å². The van der Waals surface area contributed by atoms with Gasteiger partial charge < -0.3 is 59.3 Å². The molecule has 7 N–H and O–H groups in total. The lowest BCUT2D eigenvalue weighted by atomic mass is 10.0. The number of unbranched alkanes of at least 4 members (excludes halogenated alkanes) is 6. The highest BCUT2D eigenvalue weighted by Gasteiger charge is 2.55. The number of amides is 3. The van der Waals surface area contributed by atoms with Crippen LogP contribution in [0, 0.1) is 31.6 Å². The Bertz CT molecular complexity index is 2500. The topological polar surface area (TPSA) is 352 Å². The van der Waals surface area contributed by atoms with Gasteiger partial charge in [0.25, 0.3) is 20.2 Å².